The molecule has 0 rings (SSSR count). The van der Waals surface area contributed by atoms with Crippen LogP contribution in [0.15, 0.2) is 0 Å². The number of hydrogen-bond acceptors (Lipinski definition) is 2. The smallest absolute Gasteiger partial charge is 0.140 e. The maximum atomic E-state index is 11.1. The highest BCUT2D eigenvalue weighted by Gasteiger charge is 2.11. The monoisotopic (exact) mass is 155 g/mol. The average Bonchev–Trinajstić information content (AvgIpc) is 1.87. The predicted octanol–water partition coefficient (Wildman–Crippen LogP) is 2.28. The van der Waals surface area contributed by atoms with E-state index >= 15 is 0 Å². The topological polar surface area (TPSA) is 40.9 Å². The van der Waals surface area contributed by atoms with Gasteiger partial charge in [0.2, 0.25) is 0 Å². The molecule has 11 heavy (non-hydrogen) atoms. The minimum absolute atomic E-state index is 0.0640. The third kappa shape index (κ3) is 3.91. The van der Waals surface area contributed by atoms with Crippen molar-refractivity contribution in [1.29, 1.82) is 5.41 Å². The fourth-order valence-corrected chi connectivity index (χ4v) is 0.596. The normalized spacial score (nSPS) is 10.7. The van der Waals surface area contributed by atoms with Crippen molar-refractivity contribution >= 4 is 11.5 Å². The maximum Gasteiger partial charge on any atom is 0.140 e. The van der Waals surface area contributed by atoms with Crippen molar-refractivity contribution in [3.05, 3.63) is 0 Å². The molecule has 2 heteroatoms. The van der Waals surface area contributed by atoms with Gasteiger partial charge in [0.1, 0.15) is 5.78 Å². The first-order valence-electron chi connectivity index (χ1n) is 4.05. The average molecular weight is 155 g/mol. The molecule has 0 unspecified atom stereocenters. The number of ketones is 1. The molecule has 64 valence electrons. The van der Waals surface area contributed by atoms with Crippen molar-refractivity contribution in [3.8, 4) is 0 Å². The zero-order chi connectivity index (χ0) is 9.02. The molecule has 0 atom stereocenters. The SMILES string of the molecule is CC(C)C(=N)CC(=O)C(C)C. The molecule has 0 saturated heterocycles. The third-order valence-corrected chi connectivity index (χ3v) is 1.71. The molecule has 0 aromatic carbocycles. The Kier molecular flexibility index (Phi) is 4.01. The standard InChI is InChI=1S/C9H17NO/c1-6(2)8(10)5-9(11)7(3)4/h6-7,10H,5H2,1-4H3. The van der Waals surface area contributed by atoms with E-state index in [0.29, 0.717) is 12.1 Å². The number of Topliss-reactive ketones (excluding diaryl/α,β-unsaturated/α-hetero) is 1. The van der Waals surface area contributed by atoms with Gasteiger partial charge < -0.3 is 5.41 Å². The lowest BCUT2D eigenvalue weighted by Crippen LogP contribution is -2.16. The highest BCUT2D eigenvalue weighted by atomic mass is 16.1. The summed E-state index contributed by atoms with van der Waals surface area (Å²) in [5.74, 6) is 0.440. The van der Waals surface area contributed by atoms with Crippen LogP contribution in [0.2, 0.25) is 0 Å². The van der Waals surface area contributed by atoms with E-state index in [0.717, 1.165) is 0 Å². The van der Waals surface area contributed by atoms with Gasteiger partial charge in [-0.25, -0.2) is 0 Å². The molecule has 0 saturated carbocycles. The molecule has 0 bridgehead atoms. The lowest BCUT2D eigenvalue weighted by Gasteiger charge is -2.07. The minimum atomic E-state index is 0.0640. The summed E-state index contributed by atoms with van der Waals surface area (Å²) in [6.45, 7) is 7.62. The van der Waals surface area contributed by atoms with Crippen LogP contribution in [-0.2, 0) is 4.79 Å². The van der Waals surface area contributed by atoms with Crippen LogP contribution >= 0.6 is 0 Å². The van der Waals surface area contributed by atoms with Gasteiger partial charge in [-0.05, 0) is 5.92 Å². The van der Waals surface area contributed by atoms with Crippen molar-refractivity contribution in [3.63, 3.8) is 0 Å². The van der Waals surface area contributed by atoms with Gasteiger partial charge >= 0.3 is 0 Å². The Morgan fingerprint density at radius 2 is 1.64 bits per heavy atom. The van der Waals surface area contributed by atoms with Crippen molar-refractivity contribution in [2.45, 2.75) is 34.1 Å². The second kappa shape index (κ2) is 4.27. The van der Waals surface area contributed by atoms with Gasteiger partial charge in [0.05, 0.1) is 0 Å². The Morgan fingerprint density at radius 1 is 1.18 bits per heavy atom. The molecule has 0 aromatic heterocycles. The lowest BCUT2D eigenvalue weighted by atomic mass is 9.98. The van der Waals surface area contributed by atoms with E-state index in [2.05, 4.69) is 0 Å². The van der Waals surface area contributed by atoms with Crippen LogP contribution in [0.4, 0.5) is 0 Å². The summed E-state index contributed by atoms with van der Waals surface area (Å²) in [5.41, 5.74) is 0.545. The summed E-state index contributed by atoms with van der Waals surface area (Å²) in [5, 5.41) is 7.45. The molecule has 0 aromatic rings. The summed E-state index contributed by atoms with van der Waals surface area (Å²) in [7, 11) is 0. The Balaban J connectivity index is 3.86. The Labute approximate surface area is 68.5 Å². The van der Waals surface area contributed by atoms with Crippen molar-refractivity contribution in [2.24, 2.45) is 11.8 Å². The van der Waals surface area contributed by atoms with Gasteiger partial charge in [-0.3, -0.25) is 4.79 Å². The van der Waals surface area contributed by atoms with Crippen LogP contribution in [0.3, 0.4) is 0 Å². The van der Waals surface area contributed by atoms with E-state index in [9.17, 15) is 4.79 Å². The summed E-state index contributed by atoms with van der Waals surface area (Å²) >= 11 is 0. The molecular formula is C9H17NO. The van der Waals surface area contributed by atoms with Crippen LogP contribution < -0.4 is 0 Å². The van der Waals surface area contributed by atoms with Crippen LogP contribution in [-0.4, -0.2) is 11.5 Å². The van der Waals surface area contributed by atoms with Crippen LogP contribution in [0.25, 0.3) is 0 Å². The minimum Gasteiger partial charge on any atom is -0.309 e. The molecule has 0 radical (unpaired) electrons. The molecule has 0 amide bonds. The summed E-state index contributed by atoms with van der Waals surface area (Å²) in [6.07, 6.45) is 0.329. The van der Waals surface area contributed by atoms with Crippen LogP contribution in [0.1, 0.15) is 34.1 Å². The quantitative estimate of drug-likeness (QED) is 0.622. The lowest BCUT2D eigenvalue weighted by molar-refractivity contribution is -0.120. The molecule has 2 nitrogen and oxygen atoms in total. The first kappa shape index (κ1) is 10.3. The van der Waals surface area contributed by atoms with Gasteiger partial charge in [0.15, 0.2) is 0 Å². The van der Waals surface area contributed by atoms with Crippen molar-refractivity contribution < 1.29 is 4.79 Å². The van der Waals surface area contributed by atoms with E-state index in [-0.39, 0.29) is 17.6 Å². The first-order valence-corrected chi connectivity index (χ1v) is 4.05. The van der Waals surface area contributed by atoms with Gasteiger partial charge in [-0.2, -0.15) is 0 Å². The first-order chi connectivity index (χ1) is 4.95. The number of rotatable bonds is 4. The van der Waals surface area contributed by atoms with E-state index < -0.39 is 0 Å². The number of hydrogen-bond donors (Lipinski definition) is 1. The zero-order valence-electron chi connectivity index (χ0n) is 7.77. The molecule has 0 aliphatic carbocycles. The van der Waals surface area contributed by atoms with Crippen molar-refractivity contribution in [2.75, 3.05) is 0 Å². The summed E-state index contributed by atoms with van der Waals surface area (Å²) in [6, 6.07) is 0. The molecule has 1 N–H and O–H groups in total. The molecule has 0 fully saturated rings. The number of carbonyl (C=O) groups is 1. The fraction of sp³-hybridized carbons (Fsp3) is 0.778. The molecule has 0 aliphatic heterocycles. The van der Waals surface area contributed by atoms with E-state index in [1.807, 2.05) is 27.7 Å². The predicted molar refractivity (Wildman–Crippen MR) is 47.0 cm³/mol. The van der Waals surface area contributed by atoms with E-state index in [1.54, 1.807) is 0 Å². The van der Waals surface area contributed by atoms with E-state index in [1.165, 1.54) is 0 Å². The third-order valence-electron chi connectivity index (χ3n) is 1.71. The van der Waals surface area contributed by atoms with Gasteiger partial charge in [-0.1, -0.05) is 27.7 Å². The second-order valence-corrected chi connectivity index (χ2v) is 3.48. The summed E-state index contributed by atoms with van der Waals surface area (Å²) in [4.78, 5) is 11.1. The highest BCUT2D eigenvalue weighted by Crippen LogP contribution is 2.04. The highest BCUT2D eigenvalue weighted by molar-refractivity contribution is 6.01. The largest absolute Gasteiger partial charge is 0.309 e. The van der Waals surface area contributed by atoms with Crippen LogP contribution in [0, 0.1) is 17.2 Å². The van der Waals surface area contributed by atoms with Crippen molar-refractivity contribution in [1.82, 2.24) is 0 Å². The van der Waals surface area contributed by atoms with Gasteiger partial charge in [0, 0.05) is 18.1 Å². The fourth-order valence-electron chi connectivity index (χ4n) is 0.596. The summed E-state index contributed by atoms with van der Waals surface area (Å²) < 4.78 is 0. The Morgan fingerprint density at radius 3 is 1.91 bits per heavy atom. The van der Waals surface area contributed by atoms with E-state index in [4.69, 9.17) is 5.41 Å². The number of nitrogens with one attached hydrogen (secondary N) is 1. The second-order valence-electron chi connectivity index (χ2n) is 3.48. The molecular weight excluding hydrogens is 138 g/mol. The van der Waals surface area contributed by atoms with Gasteiger partial charge in [-0.15, -0.1) is 0 Å². The van der Waals surface area contributed by atoms with Crippen LogP contribution in [0.5, 0.6) is 0 Å². The molecule has 0 aliphatic rings. The number of carbonyl (C=O) groups excluding carboxylic acids is 1. The molecule has 0 spiro atoms. The molecule has 0 heterocycles. The maximum absolute atomic E-state index is 11.1. The Bertz CT molecular complexity index is 141. The zero-order valence-corrected chi connectivity index (χ0v) is 7.77. The Hall–Kier alpha value is -0.660. The van der Waals surface area contributed by atoms with Gasteiger partial charge in [0.25, 0.3) is 0 Å².